The summed E-state index contributed by atoms with van der Waals surface area (Å²) in [6.07, 6.45) is 0.956. The quantitative estimate of drug-likeness (QED) is 0.787. The third kappa shape index (κ3) is 2.67. The lowest BCUT2D eigenvalue weighted by atomic mass is 10.0. The Bertz CT molecular complexity index is 698. The van der Waals surface area contributed by atoms with Crippen molar-refractivity contribution in [2.45, 2.75) is 19.9 Å². The van der Waals surface area contributed by atoms with Gasteiger partial charge in [-0.25, -0.2) is 4.98 Å². The van der Waals surface area contributed by atoms with Gasteiger partial charge in [0.1, 0.15) is 0 Å². The monoisotopic (exact) mass is 268 g/mol. The van der Waals surface area contributed by atoms with Crippen molar-refractivity contribution in [3.05, 3.63) is 64.2 Å². The van der Waals surface area contributed by atoms with Gasteiger partial charge in [0, 0.05) is 6.54 Å². The topological polar surface area (TPSA) is 38.9 Å². The zero-order valence-corrected chi connectivity index (χ0v) is 11.7. The summed E-state index contributed by atoms with van der Waals surface area (Å²) in [5, 5.41) is 1.12. The molecule has 0 bridgehead atoms. The fourth-order valence-electron chi connectivity index (χ4n) is 2.22. The molecule has 0 atom stereocenters. The van der Waals surface area contributed by atoms with Crippen molar-refractivity contribution in [2.75, 3.05) is 0 Å². The minimum absolute atomic E-state index is 0.604. The zero-order valence-electron chi connectivity index (χ0n) is 10.9. The lowest BCUT2D eigenvalue weighted by molar-refractivity contribution is 1.06. The summed E-state index contributed by atoms with van der Waals surface area (Å²) in [7, 11) is 0. The highest BCUT2D eigenvalue weighted by atomic mass is 32.1. The highest BCUT2D eigenvalue weighted by Crippen LogP contribution is 2.23. The van der Waals surface area contributed by atoms with E-state index in [0.717, 1.165) is 16.9 Å². The smallest absolute Gasteiger partial charge is 0.0907 e. The number of aromatic nitrogens is 1. The summed E-state index contributed by atoms with van der Waals surface area (Å²) >= 11 is 1.76. The molecule has 1 aromatic heterocycles. The van der Waals surface area contributed by atoms with Gasteiger partial charge >= 0.3 is 0 Å². The molecule has 3 aromatic rings. The Labute approximate surface area is 116 Å². The SMILES string of the molecule is Cc1nc2ccc(Cc3ccc(CN)cc3)cc2s1. The van der Waals surface area contributed by atoms with E-state index in [4.69, 9.17) is 5.73 Å². The van der Waals surface area contributed by atoms with Gasteiger partial charge in [-0.15, -0.1) is 11.3 Å². The molecular weight excluding hydrogens is 252 g/mol. The first-order valence-electron chi connectivity index (χ1n) is 6.38. The molecule has 3 heteroatoms. The van der Waals surface area contributed by atoms with Crippen molar-refractivity contribution in [2.24, 2.45) is 5.73 Å². The van der Waals surface area contributed by atoms with Gasteiger partial charge in [0.2, 0.25) is 0 Å². The molecule has 0 aliphatic carbocycles. The molecule has 2 nitrogen and oxygen atoms in total. The van der Waals surface area contributed by atoms with Crippen LogP contribution in [0, 0.1) is 6.92 Å². The minimum atomic E-state index is 0.604. The Morgan fingerprint density at radius 1 is 1.00 bits per heavy atom. The molecule has 0 aliphatic heterocycles. The second kappa shape index (κ2) is 5.11. The maximum absolute atomic E-state index is 5.61. The van der Waals surface area contributed by atoms with Crippen LogP contribution in [0.4, 0.5) is 0 Å². The van der Waals surface area contributed by atoms with E-state index in [2.05, 4.69) is 54.4 Å². The van der Waals surface area contributed by atoms with Gasteiger partial charge in [-0.1, -0.05) is 30.3 Å². The van der Waals surface area contributed by atoms with Crippen molar-refractivity contribution in [1.29, 1.82) is 0 Å². The van der Waals surface area contributed by atoms with Crippen LogP contribution in [0.5, 0.6) is 0 Å². The first-order chi connectivity index (χ1) is 9.24. The van der Waals surface area contributed by atoms with Gasteiger partial charge in [0.15, 0.2) is 0 Å². The molecule has 3 rings (SSSR count). The molecule has 1 heterocycles. The number of nitrogens with two attached hydrogens (primary N) is 1. The second-order valence-electron chi connectivity index (χ2n) is 4.73. The summed E-state index contributed by atoms with van der Waals surface area (Å²) < 4.78 is 1.27. The molecule has 19 heavy (non-hydrogen) atoms. The summed E-state index contributed by atoms with van der Waals surface area (Å²) in [4.78, 5) is 4.49. The molecule has 0 radical (unpaired) electrons. The summed E-state index contributed by atoms with van der Waals surface area (Å²) in [5.74, 6) is 0. The average molecular weight is 268 g/mol. The number of nitrogens with zero attached hydrogens (tertiary/aromatic N) is 1. The molecule has 0 fully saturated rings. The number of aryl methyl sites for hydroxylation is 1. The summed E-state index contributed by atoms with van der Waals surface area (Å²) in [6.45, 7) is 2.66. The van der Waals surface area contributed by atoms with Crippen molar-refractivity contribution in [1.82, 2.24) is 4.98 Å². The molecule has 0 saturated heterocycles. The summed E-state index contributed by atoms with van der Waals surface area (Å²) in [5.41, 5.74) is 10.5. The Morgan fingerprint density at radius 3 is 2.42 bits per heavy atom. The van der Waals surface area contributed by atoms with E-state index in [9.17, 15) is 0 Å². The summed E-state index contributed by atoms with van der Waals surface area (Å²) in [6, 6.07) is 15.0. The van der Waals surface area contributed by atoms with E-state index < -0.39 is 0 Å². The first kappa shape index (κ1) is 12.3. The number of thiazole rings is 1. The third-order valence-electron chi connectivity index (χ3n) is 3.23. The van der Waals surface area contributed by atoms with Crippen LogP contribution in [0.25, 0.3) is 10.2 Å². The number of benzene rings is 2. The Balaban J connectivity index is 1.87. The van der Waals surface area contributed by atoms with Crippen molar-refractivity contribution < 1.29 is 0 Å². The predicted molar refractivity (Wildman–Crippen MR) is 81.5 cm³/mol. The van der Waals surface area contributed by atoms with Gasteiger partial charge < -0.3 is 5.73 Å². The number of fused-ring (bicyclic) bond motifs is 1. The van der Waals surface area contributed by atoms with Crippen molar-refractivity contribution in [3.63, 3.8) is 0 Å². The van der Waals surface area contributed by atoms with Crippen LogP contribution in [-0.4, -0.2) is 4.98 Å². The Kier molecular flexibility index (Phi) is 3.32. The molecule has 2 aromatic carbocycles. The molecular formula is C16H16N2S. The third-order valence-corrected chi connectivity index (χ3v) is 4.16. The fraction of sp³-hybridized carbons (Fsp3) is 0.188. The van der Waals surface area contributed by atoms with E-state index in [-0.39, 0.29) is 0 Å². The molecule has 0 aliphatic rings. The number of hydrogen-bond acceptors (Lipinski definition) is 3. The highest BCUT2D eigenvalue weighted by Gasteiger charge is 2.02. The van der Waals surface area contributed by atoms with Gasteiger partial charge in [-0.3, -0.25) is 0 Å². The van der Waals surface area contributed by atoms with Crippen LogP contribution in [0.3, 0.4) is 0 Å². The lowest BCUT2D eigenvalue weighted by Gasteiger charge is -2.03. The standard InChI is InChI=1S/C16H16N2S/c1-11-18-15-7-6-14(9-16(15)19-11)8-12-2-4-13(10-17)5-3-12/h2-7,9H,8,10,17H2,1H3. The van der Waals surface area contributed by atoms with Gasteiger partial charge in [-0.05, 0) is 42.2 Å². The number of rotatable bonds is 3. The van der Waals surface area contributed by atoms with E-state index >= 15 is 0 Å². The maximum Gasteiger partial charge on any atom is 0.0907 e. The second-order valence-corrected chi connectivity index (χ2v) is 5.97. The van der Waals surface area contributed by atoms with E-state index in [1.54, 1.807) is 11.3 Å². The molecule has 2 N–H and O–H groups in total. The largest absolute Gasteiger partial charge is 0.326 e. The van der Waals surface area contributed by atoms with E-state index in [0.29, 0.717) is 6.54 Å². The average Bonchev–Trinajstić information content (AvgIpc) is 2.79. The van der Waals surface area contributed by atoms with Crippen LogP contribution in [0.1, 0.15) is 21.7 Å². The molecule has 96 valence electrons. The van der Waals surface area contributed by atoms with E-state index in [1.165, 1.54) is 21.4 Å². The van der Waals surface area contributed by atoms with Crippen LogP contribution in [-0.2, 0) is 13.0 Å². The van der Waals surface area contributed by atoms with Crippen molar-refractivity contribution >= 4 is 21.6 Å². The van der Waals surface area contributed by atoms with E-state index in [1.807, 2.05) is 0 Å². The highest BCUT2D eigenvalue weighted by molar-refractivity contribution is 7.18. The lowest BCUT2D eigenvalue weighted by Crippen LogP contribution is -1.96. The van der Waals surface area contributed by atoms with Gasteiger partial charge in [0.05, 0.1) is 15.2 Å². The Morgan fingerprint density at radius 2 is 1.68 bits per heavy atom. The van der Waals surface area contributed by atoms with Crippen LogP contribution in [0.2, 0.25) is 0 Å². The van der Waals surface area contributed by atoms with Crippen molar-refractivity contribution in [3.8, 4) is 0 Å². The molecule has 0 saturated carbocycles. The molecule has 0 spiro atoms. The molecule has 0 amide bonds. The minimum Gasteiger partial charge on any atom is -0.326 e. The van der Waals surface area contributed by atoms with Gasteiger partial charge in [0.25, 0.3) is 0 Å². The van der Waals surface area contributed by atoms with Crippen LogP contribution in [0.15, 0.2) is 42.5 Å². The fourth-order valence-corrected chi connectivity index (χ4v) is 3.11. The predicted octanol–water partition coefficient (Wildman–Crippen LogP) is 3.65. The normalized spacial score (nSPS) is 11.1. The molecule has 0 unspecified atom stereocenters. The zero-order chi connectivity index (χ0) is 13.2. The van der Waals surface area contributed by atoms with Gasteiger partial charge in [-0.2, -0.15) is 0 Å². The number of hydrogen-bond donors (Lipinski definition) is 1. The maximum atomic E-state index is 5.61. The Hall–Kier alpha value is -1.71. The van der Waals surface area contributed by atoms with Crippen LogP contribution < -0.4 is 5.73 Å². The first-order valence-corrected chi connectivity index (χ1v) is 7.20. The van der Waals surface area contributed by atoms with Crippen LogP contribution >= 0.6 is 11.3 Å².